The van der Waals surface area contributed by atoms with Crippen LogP contribution in [-0.2, 0) is 0 Å². The number of hydrogen-bond donors (Lipinski definition) is 0. The Kier molecular flexibility index (Phi) is 5.15. The molecule has 0 heterocycles. The number of hydrogen-bond acceptors (Lipinski definition) is 0. The minimum Gasteiger partial charge on any atom is -0.0654 e. The molecule has 0 aromatic heterocycles. The average molecular weight is 210 g/mol. The van der Waals surface area contributed by atoms with Gasteiger partial charge in [0.2, 0.25) is 0 Å². The molecule has 90 valence electrons. The lowest BCUT2D eigenvalue weighted by Crippen LogP contribution is -2.13. The standard InChI is InChI=1S/C15H30/c1-5-7-8-9-10-11-14(6-2)15(4)12-13(15)3/h13-14H,5-12H2,1-4H3. The lowest BCUT2D eigenvalue weighted by atomic mass is 9.82. The van der Waals surface area contributed by atoms with E-state index in [-0.39, 0.29) is 0 Å². The molecule has 0 aromatic rings. The maximum absolute atomic E-state index is 2.51. The summed E-state index contributed by atoms with van der Waals surface area (Å²) < 4.78 is 0. The third kappa shape index (κ3) is 3.50. The van der Waals surface area contributed by atoms with E-state index in [4.69, 9.17) is 0 Å². The zero-order valence-corrected chi connectivity index (χ0v) is 11.3. The minimum atomic E-state index is 0.722. The van der Waals surface area contributed by atoms with Crippen LogP contribution >= 0.6 is 0 Å². The van der Waals surface area contributed by atoms with Crippen molar-refractivity contribution in [1.82, 2.24) is 0 Å². The van der Waals surface area contributed by atoms with Crippen molar-refractivity contribution >= 4 is 0 Å². The van der Waals surface area contributed by atoms with Crippen molar-refractivity contribution in [1.29, 1.82) is 0 Å². The molecule has 15 heavy (non-hydrogen) atoms. The second-order valence-corrected chi connectivity index (χ2v) is 5.92. The number of unbranched alkanes of at least 4 members (excludes halogenated alkanes) is 4. The fourth-order valence-electron chi connectivity index (χ4n) is 3.16. The Balaban J connectivity index is 2.13. The first-order chi connectivity index (χ1) is 7.15. The molecule has 0 aliphatic heterocycles. The molecule has 0 heteroatoms. The van der Waals surface area contributed by atoms with Crippen LogP contribution in [0.5, 0.6) is 0 Å². The Hall–Kier alpha value is 0. The van der Waals surface area contributed by atoms with Crippen LogP contribution in [0.3, 0.4) is 0 Å². The molecule has 0 nitrogen and oxygen atoms in total. The highest BCUT2D eigenvalue weighted by atomic mass is 14.6. The van der Waals surface area contributed by atoms with Gasteiger partial charge in [-0.3, -0.25) is 0 Å². The monoisotopic (exact) mass is 210 g/mol. The van der Waals surface area contributed by atoms with Crippen LogP contribution in [0.4, 0.5) is 0 Å². The van der Waals surface area contributed by atoms with Crippen LogP contribution in [0, 0.1) is 17.3 Å². The van der Waals surface area contributed by atoms with E-state index in [0.29, 0.717) is 0 Å². The molecule has 1 aliphatic carbocycles. The van der Waals surface area contributed by atoms with Gasteiger partial charge in [0.25, 0.3) is 0 Å². The fraction of sp³-hybridized carbons (Fsp3) is 1.00. The van der Waals surface area contributed by atoms with Gasteiger partial charge in [-0.15, -0.1) is 0 Å². The first kappa shape index (κ1) is 13.1. The topological polar surface area (TPSA) is 0 Å². The summed E-state index contributed by atoms with van der Waals surface area (Å²) in [6.07, 6.45) is 11.6. The van der Waals surface area contributed by atoms with Crippen molar-refractivity contribution in [3.05, 3.63) is 0 Å². The zero-order valence-electron chi connectivity index (χ0n) is 11.3. The molecular formula is C15H30. The highest BCUT2D eigenvalue weighted by Crippen LogP contribution is 2.59. The molecule has 0 radical (unpaired) electrons. The molecule has 0 aromatic carbocycles. The Morgan fingerprint density at radius 2 is 1.73 bits per heavy atom. The van der Waals surface area contributed by atoms with Gasteiger partial charge in [0.05, 0.1) is 0 Å². The Morgan fingerprint density at radius 1 is 1.13 bits per heavy atom. The maximum atomic E-state index is 2.51. The SMILES string of the molecule is CCCCCCCC(CC)C1(C)CC1C. The van der Waals surface area contributed by atoms with E-state index < -0.39 is 0 Å². The predicted molar refractivity (Wildman–Crippen MR) is 69.0 cm³/mol. The van der Waals surface area contributed by atoms with Gasteiger partial charge in [-0.1, -0.05) is 66.2 Å². The second-order valence-electron chi connectivity index (χ2n) is 5.92. The summed E-state index contributed by atoms with van der Waals surface area (Å²) in [5, 5.41) is 0. The summed E-state index contributed by atoms with van der Waals surface area (Å²) in [7, 11) is 0. The van der Waals surface area contributed by atoms with Crippen molar-refractivity contribution in [2.24, 2.45) is 17.3 Å². The smallest absolute Gasteiger partial charge is 0.0269 e. The molecule has 0 N–H and O–H groups in total. The van der Waals surface area contributed by atoms with E-state index in [1.807, 2.05) is 0 Å². The summed E-state index contributed by atoms with van der Waals surface area (Å²) >= 11 is 0. The first-order valence-electron chi connectivity index (χ1n) is 7.15. The normalized spacial score (nSPS) is 31.6. The average Bonchev–Trinajstić information content (AvgIpc) is 2.81. The van der Waals surface area contributed by atoms with Crippen molar-refractivity contribution in [2.45, 2.75) is 79.1 Å². The van der Waals surface area contributed by atoms with E-state index in [1.165, 1.54) is 51.4 Å². The quantitative estimate of drug-likeness (QED) is 0.469. The van der Waals surface area contributed by atoms with Crippen LogP contribution in [0.1, 0.15) is 79.1 Å². The van der Waals surface area contributed by atoms with Crippen molar-refractivity contribution in [3.8, 4) is 0 Å². The largest absolute Gasteiger partial charge is 0.0654 e. The molecule has 1 saturated carbocycles. The Labute approximate surface area is 96.8 Å². The molecule has 0 bridgehead atoms. The van der Waals surface area contributed by atoms with Crippen molar-refractivity contribution in [3.63, 3.8) is 0 Å². The van der Waals surface area contributed by atoms with E-state index in [1.54, 1.807) is 0 Å². The summed E-state index contributed by atoms with van der Waals surface area (Å²) in [5.74, 6) is 2.01. The maximum Gasteiger partial charge on any atom is -0.0269 e. The first-order valence-corrected chi connectivity index (χ1v) is 7.15. The van der Waals surface area contributed by atoms with Crippen molar-refractivity contribution in [2.75, 3.05) is 0 Å². The fourth-order valence-corrected chi connectivity index (χ4v) is 3.16. The molecular weight excluding hydrogens is 180 g/mol. The minimum absolute atomic E-state index is 0.722. The highest BCUT2D eigenvalue weighted by molar-refractivity contribution is 5.00. The molecule has 0 spiro atoms. The van der Waals surface area contributed by atoms with E-state index in [9.17, 15) is 0 Å². The van der Waals surface area contributed by atoms with Crippen LogP contribution in [0.25, 0.3) is 0 Å². The summed E-state index contributed by atoms with van der Waals surface area (Å²) in [5.41, 5.74) is 0.722. The number of rotatable bonds is 8. The van der Waals surface area contributed by atoms with Gasteiger partial charge in [-0.25, -0.2) is 0 Å². The third-order valence-electron chi connectivity index (χ3n) is 4.79. The lowest BCUT2D eigenvalue weighted by Gasteiger charge is -2.23. The van der Waals surface area contributed by atoms with Gasteiger partial charge in [-0.05, 0) is 30.1 Å². The molecule has 3 atom stereocenters. The van der Waals surface area contributed by atoms with Gasteiger partial charge < -0.3 is 0 Å². The Bertz CT molecular complexity index is 173. The predicted octanol–water partition coefficient (Wildman–Crippen LogP) is 5.42. The van der Waals surface area contributed by atoms with E-state index >= 15 is 0 Å². The van der Waals surface area contributed by atoms with Crippen LogP contribution in [0.2, 0.25) is 0 Å². The Morgan fingerprint density at radius 3 is 2.20 bits per heavy atom. The molecule has 1 aliphatic rings. The van der Waals surface area contributed by atoms with Gasteiger partial charge in [0.1, 0.15) is 0 Å². The van der Waals surface area contributed by atoms with E-state index in [2.05, 4.69) is 27.7 Å². The van der Waals surface area contributed by atoms with Crippen molar-refractivity contribution < 1.29 is 0 Å². The van der Waals surface area contributed by atoms with Gasteiger partial charge in [-0.2, -0.15) is 0 Å². The molecule has 1 fully saturated rings. The van der Waals surface area contributed by atoms with Gasteiger partial charge in [0, 0.05) is 0 Å². The zero-order chi connectivity index (χ0) is 11.3. The summed E-state index contributed by atoms with van der Waals surface area (Å²) in [6.45, 7) is 9.62. The van der Waals surface area contributed by atoms with Crippen LogP contribution in [0.15, 0.2) is 0 Å². The third-order valence-corrected chi connectivity index (χ3v) is 4.79. The highest BCUT2D eigenvalue weighted by Gasteiger charge is 2.50. The summed E-state index contributed by atoms with van der Waals surface area (Å²) in [4.78, 5) is 0. The van der Waals surface area contributed by atoms with E-state index in [0.717, 1.165) is 17.3 Å². The lowest BCUT2D eigenvalue weighted by molar-refractivity contribution is 0.274. The van der Waals surface area contributed by atoms with Crippen LogP contribution in [-0.4, -0.2) is 0 Å². The molecule has 3 unspecified atom stereocenters. The van der Waals surface area contributed by atoms with Gasteiger partial charge in [0.15, 0.2) is 0 Å². The van der Waals surface area contributed by atoms with Crippen LogP contribution < -0.4 is 0 Å². The summed E-state index contributed by atoms with van der Waals surface area (Å²) in [6, 6.07) is 0. The molecule has 0 saturated heterocycles. The van der Waals surface area contributed by atoms with Gasteiger partial charge >= 0.3 is 0 Å². The second kappa shape index (κ2) is 5.92. The molecule has 0 amide bonds. The molecule has 1 rings (SSSR count).